The number of amides is 1. The Morgan fingerprint density at radius 2 is 2.00 bits per heavy atom. The van der Waals surface area contributed by atoms with Crippen LogP contribution in [0.1, 0.15) is 43.1 Å². The molecule has 204 valence electrons. The number of hydrogen-bond donors (Lipinski definition) is 4. The first kappa shape index (κ1) is 26.6. The molecule has 10 nitrogen and oxygen atoms in total. The molecule has 5 rings (SSSR count). The summed E-state index contributed by atoms with van der Waals surface area (Å²) in [6.07, 6.45) is 13.0. The van der Waals surface area contributed by atoms with Crippen LogP contribution in [0.25, 0.3) is 11.1 Å². The van der Waals surface area contributed by atoms with Crippen LogP contribution in [0, 0.1) is 0 Å². The Morgan fingerprint density at radius 1 is 1.18 bits per heavy atom. The molecule has 2 aromatic heterocycles. The van der Waals surface area contributed by atoms with Gasteiger partial charge in [-0.25, -0.2) is 4.98 Å². The predicted molar refractivity (Wildman–Crippen MR) is 153 cm³/mol. The van der Waals surface area contributed by atoms with Gasteiger partial charge in [-0.1, -0.05) is 31.2 Å². The summed E-state index contributed by atoms with van der Waals surface area (Å²) < 4.78 is 1.90. The van der Waals surface area contributed by atoms with Crippen LogP contribution >= 0.6 is 0 Å². The van der Waals surface area contributed by atoms with Crippen LogP contribution in [0.15, 0.2) is 61.1 Å². The van der Waals surface area contributed by atoms with E-state index in [1.807, 2.05) is 88.4 Å². The number of benzene rings is 1. The van der Waals surface area contributed by atoms with Gasteiger partial charge in [-0.3, -0.25) is 9.48 Å². The van der Waals surface area contributed by atoms with Crippen molar-refractivity contribution in [1.82, 2.24) is 30.0 Å². The van der Waals surface area contributed by atoms with Crippen molar-refractivity contribution in [2.24, 2.45) is 0 Å². The lowest BCUT2D eigenvalue weighted by molar-refractivity contribution is 0.0940. The van der Waals surface area contributed by atoms with Gasteiger partial charge in [0.25, 0.3) is 5.91 Å². The van der Waals surface area contributed by atoms with Crippen molar-refractivity contribution in [2.45, 2.75) is 50.9 Å². The molecule has 0 fully saturated rings. The lowest BCUT2D eigenvalue weighted by Crippen LogP contribution is -2.47. The van der Waals surface area contributed by atoms with Crippen LogP contribution in [0.2, 0.25) is 0 Å². The van der Waals surface area contributed by atoms with Gasteiger partial charge in [-0.15, -0.1) is 0 Å². The molecule has 4 N–H and O–H groups in total. The van der Waals surface area contributed by atoms with E-state index in [9.17, 15) is 9.90 Å². The maximum atomic E-state index is 12.3. The molecular formula is C29H36N8O2. The Bertz CT molecular complexity index is 1440. The molecule has 0 radical (unpaired) electrons. The van der Waals surface area contributed by atoms with Crippen LogP contribution in [0.5, 0.6) is 0 Å². The summed E-state index contributed by atoms with van der Waals surface area (Å²) in [5.74, 6) is 0.906. The quantitative estimate of drug-likeness (QED) is 0.332. The largest absolute Gasteiger partial charge is 0.386 e. The number of anilines is 3. The zero-order valence-corrected chi connectivity index (χ0v) is 23.1. The first-order valence-electron chi connectivity index (χ1n) is 13.2. The van der Waals surface area contributed by atoms with Crippen molar-refractivity contribution in [2.75, 3.05) is 31.3 Å². The molecule has 1 aliphatic heterocycles. The molecule has 0 saturated carbocycles. The van der Waals surface area contributed by atoms with E-state index in [0.29, 0.717) is 23.8 Å². The Morgan fingerprint density at radius 3 is 2.74 bits per heavy atom. The van der Waals surface area contributed by atoms with Crippen molar-refractivity contribution in [3.05, 3.63) is 72.2 Å². The third kappa shape index (κ3) is 5.30. The van der Waals surface area contributed by atoms with Crippen LogP contribution in [0.3, 0.4) is 0 Å². The summed E-state index contributed by atoms with van der Waals surface area (Å²) in [4.78, 5) is 23.9. The van der Waals surface area contributed by atoms with Crippen molar-refractivity contribution < 1.29 is 9.90 Å². The third-order valence-electron chi connectivity index (χ3n) is 7.39. The highest BCUT2D eigenvalue weighted by Gasteiger charge is 2.36. The number of nitrogens with zero attached hydrogens (tertiary/aromatic N) is 5. The van der Waals surface area contributed by atoms with Gasteiger partial charge in [0.2, 0.25) is 5.95 Å². The number of rotatable bonds is 9. The van der Waals surface area contributed by atoms with Gasteiger partial charge in [0.1, 0.15) is 5.82 Å². The van der Waals surface area contributed by atoms with E-state index in [4.69, 9.17) is 4.98 Å². The van der Waals surface area contributed by atoms with Crippen LogP contribution in [-0.4, -0.2) is 67.9 Å². The molecular weight excluding hydrogens is 492 g/mol. The van der Waals surface area contributed by atoms with E-state index in [1.165, 1.54) is 0 Å². The van der Waals surface area contributed by atoms with E-state index < -0.39 is 17.2 Å². The number of aliphatic hydroxyl groups is 1. The number of carbonyl (C=O) groups excluding carboxylic acids is 1. The molecule has 39 heavy (non-hydrogen) atoms. The molecule has 2 aliphatic rings. The molecule has 1 aliphatic carbocycles. The van der Waals surface area contributed by atoms with E-state index in [1.54, 1.807) is 12.3 Å². The Balaban J connectivity index is 1.50. The van der Waals surface area contributed by atoms with Gasteiger partial charge >= 0.3 is 0 Å². The number of aliphatic hydroxyl groups excluding tert-OH is 1. The second-order valence-electron chi connectivity index (χ2n) is 10.9. The monoisotopic (exact) mass is 528 g/mol. The van der Waals surface area contributed by atoms with Gasteiger partial charge in [0, 0.05) is 41.3 Å². The normalized spacial score (nSPS) is 21.2. The molecule has 1 aromatic carbocycles. The Kier molecular flexibility index (Phi) is 7.00. The fourth-order valence-electron chi connectivity index (χ4n) is 4.98. The maximum Gasteiger partial charge on any atom is 0.252 e. The summed E-state index contributed by atoms with van der Waals surface area (Å²) in [7, 11) is 4.06. The molecule has 0 saturated heterocycles. The number of allylic oxidation sites excluding steroid dienone is 2. The Hall–Kier alpha value is -4.02. The van der Waals surface area contributed by atoms with E-state index in [-0.39, 0.29) is 5.91 Å². The van der Waals surface area contributed by atoms with Gasteiger partial charge in [0.15, 0.2) is 0 Å². The first-order chi connectivity index (χ1) is 18.6. The topological polar surface area (TPSA) is 120 Å². The van der Waals surface area contributed by atoms with E-state index >= 15 is 0 Å². The highest BCUT2D eigenvalue weighted by atomic mass is 16.3. The van der Waals surface area contributed by atoms with Crippen molar-refractivity contribution >= 4 is 23.4 Å². The SMILES string of the molecule is CC[C@]1(Nc2nc(Nc3ccc4c(c3)C(C)(C)NC4=O)ncc2-c2cnn(CCN(C)C)c2)C=CC=CC1O. The molecule has 10 heteroatoms. The summed E-state index contributed by atoms with van der Waals surface area (Å²) in [6.45, 7) is 7.61. The highest BCUT2D eigenvalue weighted by Crippen LogP contribution is 2.35. The average molecular weight is 529 g/mol. The van der Waals surface area contributed by atoms with Gasteiger partial charge in [0.05, 0.1) is 29.9 Å². The second-order valence-corrected chi connectivity index (χ2v) is 10.9. The molecule has 1 amide bonds. The lowest BCUT2D eigenvalue weighted by Gasteiger charge is -2.36. The van der Waals surface area contributed by atoms with Crippen molar-refractivity contribution in [3.8, 4) is 11.1 Å². The van der Waals surface area contributed by atoms with Gasteiger partial charge in [-0.2, -0.15) is 10.1 Å². The molecule has 3 heterocycles. The second kappa shape index (κ2) is 10.3. The lowest BCUT2D eigenvalue weighted by atomic mass is 9.85. The molecule has 2 atom stereocenters. The minimum atomic E-state index is -0.724. The third-order valence-corrected chi connectivity index (χ3v) is 7.39. The van der Waals surface area contributed by atoms with Gasteiger partial charge in [-0.05, 0) is 58.1 Å². The predicted octanol–water partition coefficient (Wildman–Crippen LogP) is 3.67. The van der Waals surface area contributed by atoms with Crippen LogP contribution in [0.4, 0.5) is 17.5 Å². The minimum absolute atomic E-state index is 0.0715. The summed E-state index contributed by atoms with van der Waals surface area (Å²) >= 11 is 0. The first-order valence-corrected chi connectivity index (χ1v) is 13.2. The summed E-state index contributed by atoms with van der Waals surface area (Å²) in [6, 6.07) is 5.63. The zero-order chi connectivity index (χ0) is 27.8. The zero-order valence-electron chi connectivity index (χ0n) is 23.1. The van der Waals surface area contributed by atoms with Crippen molar-refractivity contribution in [3.63, 3.8) is 0 Å². The summed E-state index contributed by atoms with van der Waals surface area (Å²) in [5.41, 5.74) is 2.85. The Labute approximate surface area is 228 Å². The standard InChI is InChI=1S/C29H36N8O2/c1-6-29(12-8-7-9-24(29)38)34-25-22(19-16-31-37(18-19)14-13-36(4)5)17-30-27(33-25)32-20-10-11-21-23(15-20)28(2,3)35-26(21)39/h7-12,15-18,24,38H,6,13-14H2,1-5H3,(H,35,39)(H2,30,32,33,34)/t24?,29-/m0/s1. The summed E-state index contributed by atoms with van der Waals surface area (Å²) in [5, 5.41) is 25.3. The molecule has 0 bridgehead atoms. The minimum Gasteiger partial charge on any atom is -0.386 e. The smallest absolute Gasteiger partial charge is 0.252 e. The number of nitrogens with one attached hydrogen (secondary N) is 3. The number of fused-ring (bicyclic) bond motifs is 1. The molecule has 3 aromatic rings. The fraction of sp³-hybridized carbons (Fsp3) is 0.379. The highest BCUT2D eigenvalue weighted by molar-refractivity contribution is 6.00. The van der Waals surface area contributed by atoms with Crippen LogP contribution < -0.4 is 16.0 Å². The van der Waals surface area contributed by atoms with Gasteiger partial charge < -0.3 is 26.0 Å². The number of carbonyl (C=O) groups is 1. The van der Waals surface area contributed by atoms with Crippen molar-refractivity contribution in [1.29, 1.82) is 0 Å². The van der Waals surface area contributed by atoms with Crippen LogP contribution in [-0.2, 0) is 12.1 Å². The number of likely N-dealkylation sites (N-methyl/N-ethyl adjacent to an activating group) is 1. The molecule has 1 unspecified atom stereocenters. The number of hydrogen-bond acceptors (Lipinski definition) is 8. The number of aromatic nitrogens is 4. The van der Waals surface area contributed by atoms with E-state index in [0.717, 1.165) is 35.5 Å². The molecule has 0 spiro atoms. The fourth-order valence-corrected chi connectivity index (χ4v) is 4.98. The average Bonchev–Trinajstić information content (AvgIpc) is 3.46. The van der Waals surface area contributed by atoms with E-state index in [2.05, 4.69) is 30.9 Å². The maximum absolute atomic E-state index is 12.3.